The number of aromatic nitrogens is 2. The third-order valence-electron chi connectivity index (χ3n) is 1.80. The fraction of sp³-hybridized carbons (Fsp3) is 0.111. The molecule has 0 amide bonds. The molecule has 0 spiro atoms. The first-order valence-electron chi connectivity index (χ1n) is 4.55. The van der Waals surface area contributed by atoms with Crippen LogP contribution in [0.4, 0.5) is 24.7 Å². The zero-order valence-corrected chi connectivity index (χ0v) is 10.1. The monoisotopic (exact) mass is 295 g/mol. The van der Waals surface area contributed by atoms with Gasteiger partial charge in [-0.05, 0) is 24.3 Å². The molecule has 2 rings (SSSR count). The molecule has 0 atom stereocenters. The second kappa shape index (κ2) is 4.99. The Hall–Kier alpha value is -1.54. The number of nitrogens with zero attached hydrogens (tertiary/aromatic N) is 2. The summed E-state index contributed by atoms with van der Waals surface area (Å²) in [5, 5.41) is 3.01. The molecule has 2 aromatic rings. The van der Waals surface area contributed by atoms with Gasteiger partial charge >= 0.3 is 6.36 Å². The summed E-state index contributed by atoms with van der Waals surface area (Å²) in [6, 6.07) is 5.19. The number of anilines is 2. The van der Waals surface area contributed by atoms with Gasteiger partial charge in [0.1, 0.15) is 5.75 Å². The van der Waals surface area contributed by atoms with Gasteiger partial charge in [-0.15, -0.1) is 13.2 Å². The molecule has 1 aromatic heterocycles. The highest BCUT2D eigenvalue weighted by Gasteiger charge is 2.30. The Bertz CT molecular complexity index is 529. The van der Waals surface area contributed by atoms with Crippen molar-refractivity contribution in [2.24, 2.45) is 0 Å². The molecule has 0 radical (unpaired) electrons. The summed E-state index contributed by atoms with van der Waals surface area (Å²) in [7, 11) is 0. The Morgan fingerprint density at radius 2 is 1.83 bits per heavy atom. The number of ether oxygens (including phenoxy) is 1. The van der Waals surface area contributed by atoms with Crippen molar-refractivity contribution in [3.8, 4) is 5.75 Å². The smallest absolute Gasteiger partial charge is 0.406 e. The number of benzene rings is 1. The lowest BCUT2D eigenvalue weighted by Crippen LogP contribution is -2.16. The number of alkyl halides is 3. The molecule has 0 fully saturated rings. The molecule has 0 aliphatic heterocycles. The summed E-state index contributed by atoms with van der Waals surface area (Å²) >= 11 is 6.64. The lowest BCUT2D eigenvalue weighted by molar-refractivity contribution is -0.274. The first kappa shape index (κ1) is 12.9. The predicted molar refractivity (Wildman–Crippen MR) is 61.3 cm³/mol. The fourth-order valence-electron chi connectivity index (χ4n) is 1.13. The highest BCUT2D eigenvalue weighted by Crippen LogP contribution is 2.26. The van der Waals surface area contributed by atoms with Gasteiger partial charge in [-0.3, -0.25) is 0 Å². The van der Waals surface area contributed by atoms with Crippen LogP contribution in [0.5, 0.6) is 5.75 Å². The van der Waals surface area contributed by atoms with Crippen molar-refractivity contribution in [2.75, 3.05) is 5.32 Å². The second-order valence-electron chi connectivity index (χ2n) is 3.10. The van der Waals surface area contributed by atoms with Crippen LogP contribution in [-0.2, 0) is 0 Å². The van der Waals surface area contributed by atoms with Crippen molar-refractivity contribution in [3.63, 3.8) is 0 Å². The average Bonchev–Trinajstić information content (AvgIpc) is 2.65. The van der Waals surface area contributed by atoms with Gasteiger partial charge < -0.3 is 10.1 Å². The Morgan fingerprint density at radius 3 is 2.33 bits per heavy atom. The molecule has 0 aliphatic carbocycles. The SMILES string of the molecule is FC(F)(F)Oc1ccc(Nc2nsnc2Cl)cc1. The molecular formula is C9H5ClF3N3OS. The molecule has 96 valence electrons. The summed E-state index contributed by atoms with van der Waals surface area (Å²) in [5.41, 5.74) is 0.527. The first-order chi connectivity index (χ1) is 8.44. The standard InChI is InChI=1S/C9H5ClF3N3OS/c10-7-8(16-18-15-7)14-5-1-3-6(4-2-5)17-9(11,12)13/h1-4H,(H,14,16). The van der Waals surface area contributed by atoms with Crippen LogP contribution in [0.2, 0.25) is 5.15 Å². The molecule has 0 saturated carbocycles. The Labute approximate surface area is 109 Å². The van der Waals surface area contributed by atoms with E-state index in [1.54, 1.807) is 0 Å². The van der Waals surface area contributed by atoms with Crippen LogP contribution in [0.3, 0.4) is 0 Å². The number of halogens is 4. The topological polar surface area (TPSA) is 47.0 Å². The van der Waals surface area contributed by atoms with E-state index in [0.29, 0.717) is 11.5 Å². The summed E-state index contributed by atoms with van der Waals surface area (Å²) in [4.78, 5) is 0. The van der Waals surface area contributed by atoms with Crippen LogP contribution in [0.15, 0.2) is 24.3 Å². The van der Waals surface area contributed by atoms with Crippen LogP contribution in [0, 0.1) is 0 Å². The van der Waals surface area contributed by atoms with Gasteiger partial charge in [-0.2, -0.15) is 8.75 Å². The molecule has 1 heterocycles. The lowest BCUT2D eigenvalue weighted by Gasteiger charge is -2.09. The fourth-order valence-corrected chi connectivity index (χ4v) is 1.77. The van der Waals surface area contributed by atoms with Gasteiger partial charge in [0.05, 0.1) is 11.7 Å². The van der Waals surface area contributed by atoms with Gasteiger partial charge in [-0.25, -0.2) is 0 Å². The summed E-state index contributed by atoms with van der Waals surface area (Å²) in [5.74, 6) is 0.0571. The van der Waals surface area contributed by atoms with E-state index in [0.717, 1.165) is 11.7 Å². The van der Waals surface area contributed by atoms with Crippen molar-refractivity contribution in [3.05, 3.63) is 29.4 Å². The maximum absolute atomic E-state index is 11.9. The van der Waals surface area contributed by atoms with Crippen LogP contribution in [0.25, 0.3) is 0 Å². The highest BCUT2D eigenvalue weighted by atomic mass is 35.5. The van der Waals surface area contributed by atoms with Crippen molar-refractivity contribution >= 4 is 34.8 Å². The minimum atomic E-state index is -4.70. The van der Waals surface area contributed by atoms with Crippen LogP contribution in [-0.4, -0.2) is 15.1 Å². The zero-order valence-electron chi connectivity index (χ0n) is 8.53. The summed E-state index contributed by atoms with van der Waals surface area (Å²) < 4.78 is 47.1. The van der Waals surface area contributed by atoms with Crippen molar-refractivity contribution < 1.29 is 17.9 Å². The van der Waals surface area contributed by atoms with Gasteiger partial charge in [0, 0.05) is 5.69 Å². The van der Waals surface area contributed by atoms with Gasteiger partial charge in [0.25, 0.3) is 0 Å². The number of hydrogen-bond acceptors (Lipinski definition) is 5. The highest BCUT2D eigenvalue weighted by molar-refractivity contribution is 6.99. The minimum Gasteiger partial charge on any atom is -0.406 e. The normalized spacial score (nSPS) is 11.3. The third kappa shape index (κ3) is 3.47. The predicted octanol–water partition coefficient (Wildman–Crippen LogP) is 3.83. The maximum atomic E-state index is 11.9. The largest absolute Gasteiger partial charge is 0.573 e. The molecule has 0 bridgehead atoms. The van der Waals surface area contributed by atoms with E-state index in [1.165, 1.54) is 24.3 Å². The molecule has 1 aromatic carbocycles. The zero-order chi connectivity index (χ0) is 13.2. The quantitative estimate of drug-likeness (QED) is 0.935. The molecule has 1 N–H and O–H groups in total. The first-order valence-corrected chi connectivity index (χ1v) is 5.66. The summed E-state index contributed by atoms with van der Waals surface area (Å²) in [6.07, 6.45) is -4.70. The Balaban J connectivity index is 2.06. The van der Waals surface area contributed by atoms with Crippen LogP contribution >= 0.6 is 23.3 Å². The van der Waals surface area contributed by atoms with Gasteiger partial charge in [0.15, 0.2) is 11.0 Å². The van der Waals surface area contributed by atoms with E-state index in [4.69, 9.17) is 11.6 Å². The van der Waals surface area contributed by atoms with Gasteiger partial charge in [0.2, 0.25) is 0 Å². The third-order valence-corrected chi connectivity index (χ3v) is 2.69. The van der Waals surface area contributed by atoms with Crippen LogP contribution in [0.1, 0.15) is 0 Å². The van der Waals surface area contributed by atoms with E-state index in [9.17, 15) is 13.2 Å². The van der Waals surface area contributed by atoms with E-state index in [2.05, 4.69) is 18.8 Å². The molecule has 18 heavy (non-hydrogen) atoms. The van der Waals surface area contributed by atoms with Crippen molar-refractivity contribution in [2.45, 2.75) is 6.36 Å². The number of hydrogen-bond donors (Lipinski definition) is 1. The Kier molecular flexibility index (Phi) is 3.58. The van der Waals surface area contributed by atoms with Gasteiger partial charge in [-0.1, -0.05) is 11.6 Å². The molecule has 0 unspecified atom stereocenters. The maximum Gasteiger partial charge on any atom is 0.573 e. The van der Waals surface area contributed by atoms with E-state index in [-0.39, 0.29) is 10.9 Å². The molecule has 0 saturated heterocycles. The molecule has 9 heteroatoms. The minimum absolute atomic E-state index is 0.204. The second-order valence-corrected chi connectivity index (χ2v) is 3.99. The lowest BCUT2D eigenvalue weighted by atomic mass is 10.3. The number of nitrogens with one attached hydrogen (secondary N) is 1. The molecular weight excluding hydrogens is 291 g/mol. The van der Waals surface area contributed by atoms with Crippen molar-refractivity contribution in [1.82, 2.24) is 8.75 Å². The van der Waals surface area contributed by atoms with E-state index in [1.807, 2.05) is 0 Å². The number of rotatable bonds is 3. The van der Waals surface area contributed by atoms with Crippen LogP contribution < -0.4 is 10.1 Å². The Morgan fingerprint density at radius 1 is 1.17 bits per heavy atom. The van der Waals surface area contributed by atoms with E-state index >= 15 is 0 Å². The van der Waals surface area contributed by atoms with Crippen molar-refractivity contribution in [1.29, 1.82) is 0 Å². The van der Waals surface area contributed by atoms with E-state index < -0.39 is 6.36 Å². The average molecular weight is 296 g/mol. The molecule has 0 aliphatic rings. The summed E-state index contributed by atoms with van der Waals surface area (Å²) in [6.45, 7) is 0. The molecule has 4 nitrogen and oxygen atoms in total.